The predicted octanol–water partition coefficient (Wildman–Crippen LogP) is 3.21. The van der Waals surface area contributed by atoms with E-state index in [0.717, 1.165) is 28.4 Å². The summed E-state index contributed by atoms with van der Waals surface area (Å²) in [5, 5.41) is 0. The summed E-state index contributed by atoms with van der Waals surface area (Å²) in [6.45, 7) is 0.798. The fourth-order valence-electron chi connectivity index (χ4n) is 1.38. The van der Waals surface area contributed by atoms with Gasteiger partial charge in [0.05, 0.1) is 11.1 Å². The van der Waals surface area contributed by atoms with Gasteiger partial charge in [0, 0.05) is 5.69 Å². The molecule has 0 bridgehead atoms. The number of rotatable bonds is 4. The van der Waals surface area contributed by atoms with Crippen molar-refractivity contribution in [1.29, 1.82) is 0 Å². The Morgan fingerprint density at radius 3 is 2.93 bits per heavy atom. The van der Waals surface area contributed by atoms with Gasteiger partial charge in [-0.15, -0.1) is 0 Å². The first kappa shape index (κ1) is 9.84. The van der Waals surface area contributed by atoms with E-state index in [1.807, 2.05) is 18.2 Å². The topological polar surface area (TPSA) is 35.2 Å². The molecule has 1 aliphatic carbocycles. The normalized spacial score (nSPS) is 15.5. The molecule has 3 heteroatoms. The van der Waals surface area contributed by atoms with Crippen LogP contribution in [0.4, 0.5) is 5.69 Å². The lowest BCUT2D eigenvalue weighted by atomic mass is 10.3. The van der Waals surface area contributed by atoms with E-state index in [1.54, 1.807) is 0 Å². The third-order valence-corrected chi connectivity index (χ3v) is 3.32. The van der Waals surface area contributed by atoms with Gasteiger partial charge in [-0.25, -0.2) is 0 Å². The Labute approximate surface area is 92.6 Å². The Bertz CT molecular complexity index is 323. The minimum Gasteiger partial charge on any atom is -0.492 e. The van der Waals surface area contributed by atoms with Crippen molar-refractivity contribution >= 4 is 21.6 Å². The zero-order chi connectivity index (χ0) is 9.97. The maximum atomic E-state index is 5.74. The third kappa shape index (κ3) is 2.41. The van der Waals surface area contributed by atoms with Gasteiger partial charge >= 0.3 is 0 Å². The molecule has 0 atom stereocenters. The molecule has 0 aliphatic heterocycles. The number of hydrogen-bond donors (Lipinski definition) is 1. The Morgan fingerprint density at radius 1 is 1.43 bits per heavy atom. The number of ether oxygens (including phenoxy) is 1. The van der Waals surface area contributed by atoms with Crippen LogP contribution >= 0.6 is 15.9 Å². The molecule has 1 fully saturated rings. The summed E-state index contributed by atoms with van der Waals surface area (Å²) in [4.78, 5) is 0. The van der Waals surface area contributed by atoms with Gasteiger partial charge < -0.3 is 10.5 Å². The summed E-state index contributed by atoms with van der Waals surface area (Å²) in [7, 11) is 0. The van der Waals surface area contributed by atoms with Crippen molar-refractivity contribution in [2.24, 2.45) is 5.92 Å². The molecular formula is C11H14BrNO. The number of benzene rings is 1. The minimum absolute atomic E-state index is 0.730. The standard InChI is InChI=1S/C11H14BrNO/c12-11-9(13)2-1-3-10(11)14-7-6-8-4-5-8/h1-3,8H,4-7,13H2. The van der Waals surface area contributed by atoms with Crippen molar-refractivity contribution < 1.29 is 4.74 Å². The molecule has 0 amide bonds. The van der Waals surface area contributed by atoms with Crippen molar-refractivity contribution in [2.75, 3.05) is 12.3 Å². The predicted molar refractivity (Wildman–Crippen MR) is 61.4 cm³/mol. The Morgan fingerprint density at radius 2 is 2.21 bits per heavy atom. The lowest BCUT2D eigenvalue weighted by molar-refractivity contribution is 0.301. The van der Waals surface area contributed by atoms with E-state index >= 15 is 0 Å². The number of nitrogen functional groups attached to an aromatic ring is 1. The van der Waals surface area contributed by atoms with Gasteiger partial charge in [-0.1, -0.05) is 18.9 Å². The first-order valence-electron chi connectivity index (χ1n) is 4.94. The summed E-state index contributed by atoms with van der Waals surface area (Å²) in [5.41, 5.74) is 6.47. The molecule has 1 aromatic rings. The lowest BCUT2D eigenvalue weighted by Gasteiger charge is -2.08. The van der Waals surface area contributed by atoms with Crippen LogP contribution in [-0.2, 0) is 0 Å². The minimum atomic E-state index is 0.730. The molecular weight excluding hydrogens is 242 g/mol. The lowest BCUT2D eigenvalue weighted by Crippen LogP contribution is -1.99. The Balaban J connectivity index is 1.90. The summed E-state index contributed by atoms with van der Waals surface area (Å²) in [5.74, 6) is 1.76. The van der Waals surface area contributed by atoms with Crippen LogP contribution in [0, 0.1) is 5.92 Å². The van der Waals surface area contributed by atoms with Crippen molar-refractivity contribution in [2.45, 2.75) is 19.3 Å². The Kier molecular flexibility index (Phi) is 2.96. The number of halogens is 1. The highest BCUT2D eigenvalue weighted by atomic mass is 79.9. The van der Waals surface area contributed by atoms with E-state index in [0.29, 0.717) is 0 Å². The quantitative estimate of drug-likeness (QED) is 0.839. The van der Waals surface area contributed by atoms with Crippen LogP contribution in [-0.4, -0.2) is 6.61 Å². The van der Waals surface area contributed by atoms with Crippen LogP contribution in [0.3, 0.4) is 0 Å². The van der Waals surface area contributed by atoms with Gasteiger partial charge in [0.1, 0.15) is 5.75 Å². The number of anilines is 1. The van der Waals surface area contributed by atoms with E-state index in [1.165, 1.54) is 19.3 Å². The summed E-state index contributed by atoms with van der Waals surface area (Å²) < 4.78 is 6.51. The SMILES string of the molecule is Nc1cccc(OCCC2CC2)c1Br. The summed E-state index contributed by atoms with van der Waals surface area (Å²) in [6.07, 6.45) is 3.92. The molecule has 0 saturated heterocycles. The molecule has 14 heavy (non-hydrogen) atoms. The van der Waals surface area contributed by atoms with Crippen LogP contribution < -0.4 is 10.5 Å². The molecule has 0 heterocycles. The summed E-state index contributed by atoms with van der Waals surface area (Å²) >= 11 is 3.41. The van der Waals surface area contributed by atoms with E-state index in [2.05, 4.69) is 15.9 Å². The second kappa shape index (κ2) is 4.22. The summed E-state index contributed by atoms with van der Waals surface area (Å²) in [6, 6.07) is 5.71. The number of nitrogens with two attached hydrogens (primary N) is 1. The first-order chi connectivity index (χ1) is 6.77. The molecule has 0 radical (unpaired) electrons. The van der Waals surface area contributed by atoms with Gasteiger partial charge in [-0.3, -0.25) is 0 Å². The largest absolute Gasteiger partial charge is 0.492 e. The van der Waals surface area contributed by atoms with Crippen LogP contribution in [0.25, 0.3) is 0 Å². The molecule has 2 nitrogen and oxygen atoms in total. The van der Waals surface area contributed by atoms with Crippen molar-refractivity contribution in [3.63, 3.8) is 0 Å². The van der Waals surface area contributed by atoms with Crippen LogP contribution in [0.1, 0.15) is 19.3 Å². The van der Waals surface area contributed by atoms with Crippen LogP contribution in [0.5, 0.6) is 5.75 Å². The van der Waals surface area contributed by atoms with Crippen molar-refractivity contribution in [3.05, 3.63) is 22.7 Å². The van der Waals surface area contributed by atoms with Crippen molar-refractivity contribution in [3.8, 4) is 5.75 Å². The zero-order valence-corrected chi connectivity index (χ0v) is 9.59. The van der Waals surface area contributed by atoms with Gasteiger partial charge in [0.15, 0.2) is 0 Å². The highest BCUT2D eigenvalue weighted by Gasteiger charge is 2.20. The molecule has 76 valence electrons. The van der Waals surface area contributed by atoms with E-state index in [4.69, 9.17) is 10.5 Å². The maximum absolute atomic E-state index is 5.74. The zero-order valence-electron chi connectivity index (χ0n) is 8.00. The fraction of sp³-hybridized carbons (Fsp3) is 0.455. The molecule has 1 aromatic carbocycles. The van der Waals surface area contributed by atoms with Crippen LogP contribution in [0.15, 0.2) is 22.7 Å². The second-order valence-electron chi connectivity index (χ2n) is 3.74. The highest BCUT2D eigenvalue weighted by Crippen LogP contribution is 2.34. The number of hydrogen-bond acceptors (Lipinski definition) is 2. The molecule has 2 N–H and O–H groups in total. The fourth-order valence-corrected chi connectivity index (χ4v) is 1.76. The molecule has 0 unspecified atom stereocenters. The average molecular weight is 256 g/mol. The monoisotopic (exact) mass is 255 g/mol. The molecule has 1 saturated carbocycles. The first-order valence-corrected chi connectivity index (χ1v) is 5.73. The highest BCUT2D eigenvalue weighted by molar-refractivity contribution is 9.10. The molecule has 2 rings (SSSR count). The second-order valence-corrected chi connectivity index (χ2v) is 4.53. The van der Waals surface area contributed by atoms with Gasteiger partial charge in [0.2, 0.25) is 0 Å². The maximum Gasteiger partial charge on any atom is 0.135 e. The van der Waals surface area contributed by atoms with Crippen LogP contribution in [0.2, 0.25) is 0 Å². The van der Waals surface area contributed by atoms with E-state index in [9.17, 15) is 0 Å². The smallest absolute Gasteiger partial charge is 0.135 e. The molecule has 0 spiro atoms. The van der Waals surface area contributed by atoms with Gasteiger partial charge in [-0.2, -0.15) is 0 Å². The third-order valence-electron chi connectivity index (χ3n) is 2.47. The van der Waals surface area contributed by atoms with Crippen molar-refractivity contribution in [1.82, 2.24) is 0 Å². The van der Waals surface area contributed by atoms with E-state index < -0.39 is 0 Å². The molecule has 0 aromatic heterocycles. The van der Waals surface area contributed by atoms with Gasteiger partial charge in [-0.05, 0) is 40.4 Å². The van der Waals surface area contributed by atoms with E-state index in [-0.39, 0.29) is 0 Å². The molecule has 1 aliphatic rings. The Hall–Kier alpha value is -0.700. The average Bonchev–Trinajstić information content (AvgIpc) is 2.96. The van der Waals surface area contributed by atoms with Gasteiger partial charge in [0.25, 0.3) is 0 Å².